The molecular formula is C16H24ClN5O2. The van der Waals surface area contributed by atoms with Crippen LogP contribution in [0.1, 0.15) is 53.4 Å². The minimum Gasteiger partial charge on any atom is -0.456 e. The molecule has 0 aliphatic carbocycles. The number of anilines is 1. The molecule has 0 unspecified atom stereocenters. The quantitative estimate of drug-likeness (QED) is 0.881. The predicted molar refractivity (Wildman–Crippen MR) is 93.9 cm³/mol. The molecule has 1 fully saturated rings. The highest BCUT2D eigenvalue weighted by molar-refractivity contribution is 6.01. The molecule has 24 heavy (non-hydrogen) atoms. The highest BCUT2D eigenvalue weighted by atomic mass is 35.5. The van der Waals surface area contributed by atoms with Crippen molar-refractivity contribution in [2.45, 2.75) is 39.0 Å². The van der Waals surface area contributed by atoms with Gasteiger partial charge < -0.3 is 9.73 Å². The van der Waals surface area contributed by atoms with Gasteiger partial charge in [0.15, 0.2) is 11.6 Å². The summed E-state index contributed by atoms with van der Waals surface area (Å²) in [6.45, 7) is 5.91. The van der Waals surface area contributed by atoms with Gasteiger partial charge >= 0.3 is 0 Å². The first-order chi connectivity index (χ1) is 11.1. The van der Waals surface area contributed by atoms with E-state index in [0.717, 1.165) is 49.5 Å². The standard InChI is InChI=1S/C16H23N5O2.ClH/c1-4-12-10(2)9-13(23-12)15(22)19-16-18-14(20-21(16)3)11-5-7-17-8-6-11;/h9,11,17H,4-8H2,1-3H3,(H,18,19,20,22);1H. The summed E-state index contributed by atoms with van der Waals surface area (Å²) < 4.78 is 7.20. The topological polar surface area (TPSA) is 85.0 Å². The average molecular weight is 354 g/mol. The van der Waals surface area contributed by atoms with Crippen molar-refractivity contribution in [2.75, 3.05) is 18.4 Å². The third-order valence-electron chi connectivity index (χ3n) is 4.27. The molecule has 8 heteroatoms. The second kappa shape index (κ2) is 7.81. The Bertz CT molecular complexity index is 703. The molecule has 0 saturated carbocycles. The van der Waals surface area contributed by atoms with Gasteiger partial charge in [-0.1, -0.05) is 6.92 Å². The van der Waals surface area contributed by atoms with Gasteiger partial charge in [0.2, 0.25) is 5.95 Å². The average Bonchev–Trinajstić information content (AvgIpc) is 3.11. The molecular weight excluding hydrogens is 330 g/mol. The molecule has 0 aromatic carbocycles. The molecule has 3 rings (SSSR count). The highest BCUT2D eigenvalue weighted by Gasteiger charge is 2.22. The summed E-state index contributed by atoms with van der Waals surface area (Å²) in [6, 6.07) is 1.76. The molecule has 0 spiro atoms. The van der Waals surface area contributed by atoms with Crippen molar-refractivity contribution in [1.82, 2.24) is 20.1 Å². The minimum atomic E-state index is -0.292. The molecule has 0 bridgehead atoms. The lowest BCUT2D eigenvalue weighted by molar-refractivity contribution is 0.0993. The summed E-state index contributed by atoms with van der Waals surface area (Å²) in [4.78, 5) is 16.8. The number of amides is 1. The third kappa shape index (κ3) is 3.79. The van der Waals surface area contributed by atoms with Crippen LogP contribution in [0, 0.1) is 6.92 Å². The van der Waals surface area contributed by atoms with E-state index in [-0.39, 0.29) is 18.3 Å². The van der Waals surface area contributed by atoms with E-state index >= 15 is 0 Å². The van der Waals surface area contributed by atoms with Crippen molar-refractivity contribution >= 4 is 24.3 Å². The number of nitrogens with zero attached hydrogens (tertiary/aromatic N) is 3. The van der Waals surface area contributed by atoms with Crippen molar-refractivity contribution < 1.29 is 9.21 Å². The number of furan rings is 1. The number of hydrogen-bond acceptors (Lipinski definition) is 5. The molecule has 2 aromatic rings. The molecule has 7 nitrogen and oxygen atoms in total. The van der Waals surface area contributed by atoms with Gasteiger partial charge in [-0.05, 0) is 44.5 Å². The van der Waals surface area contributed by atoms with Gasteiger partial charge in [0.05, 0.1) is 0 Å². The molecule has 132 valence electrons. The van der Waals surface area contributed by atoms with Gasteiger partial charge in [-0.15, -0.1) is 12.4 Å². The lowest BCUT2D eigenvalue weighted by Gasteiger charge is -2.19. The number of halogens is 1. The van der Waals surface area contributed by atoms with Crippen LogP contribution in [0.5, 0.6) is 0 Å². The molecule has 1 amide bonds. The molecule has 1 aliphatic heterocycles. The first-order valence-corrected chi connectivity index (χ1v) is 8.10. The van der Waals surface area contributed by atoms with Crippen molar-refractivity contribution in [3.63, 3.8) is 0 Å². The summed E-state index contributed by atoms with van der Waals surface area (Å²) in [5, 5.41) is 10.6. The number of piperidine rings is 1. The van der Waals surface area contributed by atoms with E-state index in [1.165, 1.54) is 0 Å². The van der Waals surface area contributed by atoms with Crippen molar-refractivity contribution in [1.29, 1.82) is 0 Å². The number of carbonyl (C=O) groups excluding carboxylic acids is 1. The Morgan fingerprint density at radius 1 is 1.46 bits per heavy atom. The second-order valence-corrected chi connectivity index (χ2v) is 5.97. The molecule has 0 atom stereocenters. The van der Waals surface area contributed by atoms with E-state index in [0.29, 0.717) is 17.6 Å². The fourth-order valence-electron chi connectivity index (χ4n) is 2.91. The van der Waals surface area contributed by atoms with E-state index in [1.807, 2.05) is 13.8 Å². The smallest absolute Gasteiger partial charge is 0.293 e. The zero-order valence-corrected chi connectivity index (χ0v) is 15.1. The summed E-state index contributed by atoms with van der Waals surface area (Å²) in [5.41, 5.74) is 0.992. The Kier molecular flexibility index (Phi) is 6.01. The molecule has 0 radical (unpaired) electrons. The molecule has 2 N–H and O–H groups in total. The summed E-state index contributed by atoms with van der Waals surface area (Å²) in [6.07, 6.45) is 2.81. The van der Waals surface area contributed by atoms with Gasteiger partial charge in [0.25, 0.3) is 5.91 Å². The van der Waals surface area contributed by atoms with Crippen LogP contribution in [-0.2, 0) is 13.5 Å². The normalized spacial score (nSPS) is 15.1. The number of rotatable bonds is 4. The Hall–Kier alpha value is -1.86. The van der Waals surface area contributed by atoms with Crippen molar-refractivity contribution in [3.8, 4) is 0 Å². The minimum absolute atomic E-state index is 0. The van der Waals surface area contributed by atoms with Crippen LogP contribution in [0.3, 0.4) is 0 Å². The Balaban J connectivity index is 0.00000208. The Morgan fingerprint density at radius 3 is 2.79 bits per heavy atom. The molecule has 3 heterocycles. The molecule has 1 aliphatic rings. The van der Waals surface area contributed by atoms with Crippen LogP contribution >= 0.6 is 12.4 Å². The molecule has 1 saturated heterocycles. The van der Waals surface area contributed by atoms with Crippen LogP contribution in [0.25, 0.3) is 0 Å². The van der Waals surface area contributed by atoms with E-state index in [1.54, 1.807) is 17.8 Å². The van der Waals surface area contributed by atoms with Crippen LogP contribution in [0.4, 0.5) is 5.95 Å². The first kappa shape index (κ1) is 18.5. The largest absolute Gasteiger partial charge is 0.456 e. The van der Waals surface area contributed by atoms with E-state index in [4.69, 9.17) is 4.42 Å². The van der Waals surface area contributed by atoms with Gasteiger partial charge in [0.1, 0.15) is 5.76 Å². The number of aromatic nitrogens is 3. The zero-order chi connectivity index (χ0) is 16.4. The number of nitrogens with one attached hydrogen (secondary N) is 2. The first-order valence-electron chi connectivity index (χ1n) is 8.10. The van der Waals surface area contributed by atoms with Crippen LogP contribution in [0.15, 0.2) is 10.5 Å². The Labute approximate surface area is 147 Å². The summed E-state index contributed by atoms with van der Waals surface area (Å²) in [5.74, 6) is 2.46. The van der Waals surface area contributed by atoms with Gasteiger partial charge in [0, 0.05) is 19.4 Å². The van der Waals surface area contributed by atoms with Gasteiger partial charge in [-0.25, -0.2) is 4.68 Å². The van der Waals surface area contributed by atoms with Crippen molar-refractivity contribution in [2.24, 2.45) is 7.05 Å². The highest BCUT2D eigenvalue weighted by Crippen LogP contribution is 2.23. The lowest BCUT2D eigenvalue weighted by atomic mass is 9.98. The van der Waals surface area contributed by atoms with Crippen LogP contribution in [-0.4, -0.2) is 33.8 Å². The van der Waals surface area contributed by atoms with Gasteiger partial charge in [-0.3, -0.25) is 10.1 Å². The summed E-state index contributed by atoms with van der Waals surface area (Å²) >= 11 is 0. The Morgan fingerprint density at radius 2 is 2.17 bits per heavy atom. The third-order valence-corrected chi connectivity index (χ3v) is 4.27. The van der Waals surface area contributed by atoms with E-state index < -0.39 is 0 Å². The number of carbonyl (C=O) groups is 1. The predicted octanol–water partition coefficient (Wildman–Crippen LogP) is 2.42. The maximum atomic E-state index is 12.3. The fraction of sp³-hybridized carbons (Fsp3) is 0.562. The number of hydrogen-bond donors (Lipinski definition) is 2. The van der Waals surface area contributed by atoms with E-state index in [2.05, 4.69) is 20.7 Å². The monoisotopic (exact) mass is 353 g/mol. The zero-order valence-electron chi connectivity index (χ0n) is 14.3. The van der Waals surface area contributed by atoms with E-state index in [9.17, 15) is 4.79 Å². The van der Waals surface area contributed by atoms with Crippen LogP contribution < -0.4 is 10.6 Å². The second-order valence-electron chi connectivity index (χ2n) is 5.97. The number of aryl methyl sites for hydroxylation is 3. The van der Waals surface area contributed by atoms with Crippen LogP contribution in [0.2, 0.25) is 0 Å². The maximum Gasteiger partial charge on any atom is 0.293 e. The SMILES string of the molecule is CCc1oc(C(=O)Nc2nc(C3CCNCC3)nn2C)cc1C.Cl. The van der Waals surface area contributed by atoms with Gasteiger partial charge in [-0.2, -0.15) is 10.1 Å². The lowest BCUT2D eigenvalue weighted by Crippen LogP contribution is -2.27. The summed E-state index contributed by atoms with van der Waals surface area (Å²) in [7, 11) is 1.79. The maximum absolute atomic E-state index is 12.3. The fourth-order valence-corrected chi connectivity index (χ4v) is 2.91. The van der Waals surface area contributed by atoms with Crippen molar-refractivity contribution in [3.05, 3.63) is 29.0 Å². The molecule has 2 aromatic heterocycles.